The highest BCUT2D eigenvalue weighted by Gasteiger charge is 2.46. The molecule has 1 aliphatic rings. The topological polar surface area (TPSA) is 38.9 Å². The molecule has 0 amide bonds. The fourth-order valence-corrected chi connectivity index (χ4v) is 10.4. The van der Waals surface area contributed by atoms with Gasteiger partial charge in [-0.3, -0.25) is 0 Å². The van der Waals surface area contributed by atoms with Crippen LogP contribution >= 0.6 is 0 Å². The van der Waals surface area contributed by atoms with E-state index in [0.717, 1.165) is 66.7 Å². The second-order valence-electron chi connectivity index (χ2n) is 17.3. The van der Waals surface area contributed by atoms with Crippen molar-refractivity contribution >= 4 is 32.7 Å². The summed E-state index contributed by atoms with van der Waals surface area (Å²) < 4.78 is 6.21. The van der Waals surface area contributed by atoms with E-state index in [0.29, 0.717) is 5.82 Å². The Kier molecular flexibility index (Phi) is 8.75. The van der Waals surface area contributed by atoms with Crippen LogP contribution in [0, 0.1) is 0 Å². The largest absolute Gasteiger partial charge is 0.456 e. The highest BCUT2D eigenvalue weighted by molar-refractivity contribution is 6.06. The number of benzene rings is 10. The molecule has 3 heteroatoms. The summed E-state index contributed by atoms with van der Waals surface area (Å²) in [5, 5.41) is 4.68. The standard InChI is InChI=1S/C63H40N2O/c1-4-14-43(15-5-1)62-64-58(40-59(65-62)49-33-34-53-52-20-10-12-22-56(52)63(57(53)38-49,50-16-6-2-7-17-50)51-18-8-3-9-19-51)42-26-24-41(25-27-42)44-28-29-46-37-47(31-30-45(46)36-44)48-32-35-55-54-21-11-13-23-60(54)66-61(55)39-48/h1-40H. The summed E-state index contributed by atoms with van der Waals surface area (Å²) in [6.45, 7) is 0. The molecule has 0 N–H and O–H groups in total. The Labute approximate surface area is 383 Å². The van der Waals surface area contributed by atoms with Crippen LogP contribution in [-0.4, -0.2) is 9.97 Å². The quantitative estimate of drug-likeness (QED) is 0.160. The Morgan fingerprint density at radius 1 is 0.303 bits per heavy atom. The van der Waals surface area contributed by atoms with Crippen molar-refractivity contribution in [3.8, 4) is 67.3 Å². The lowest BCUT2D eigenvalue weighted by Gasteiger charge is -2.34. The minimum absolute atomic E-state index is 0.505. The minimum atomic E-state index is -0.505. The molecule has 0 saturated heterocycles. The number of nitrogens with zero attached hydrogens (tertiary/aromatic N) is 2. The highest BCUT2D eigenvalue weighted by Crippen LogP contribution is 2.56. The van der Waals surface area contributed by atoms with Crippen LogP contribution in [0.3, 0.4) is 0 Å². The van der Waals surface area contributed by atoms with Gasteiger partial charge in [0, 0.05) is 27.5 Å². The van der Waals surface area contributed by atoms with Crippen molar-refractivity contribution in [2.75, 3.05) is 0 Å². The molecule has 0 bridgehead atoms. The van der Waals surface area contributed by atoms with E-state index >= 15 is 0 Å². The summed E-state index contributed by atoms with van der Waals surface area (Å²) in [5.41, 5.74) is 18.2. The van der Waals surface area contributed by atoms with Gasteiger partial charge in [-0.25, -0.2) is 9.97 Å². The van der Waals surface area contributed by atoms with Crippen LogP contribution in [-0.2, 0) is 5.41 Å². The molecule has 0 radical (unpaired) electrons. The van der Waals surface area contributed by atoms with Crippen LogP contribution in [0.5, 0.6) is 0 Å². The van der Waals surface area contributed by atoms with E-state index in [-0.39, 0.29) is 0 Å². The predicted octanol–water partition coefficient (Wildman–Crippen LogP) is 16.2. The third-order valence-corrected chi connectivity index (χ3v) is 13.6. The van der Waals surface area contributed by atoms with E-state index < -0.39 is 5.41 Å². The van der Waals surface area contributed by atoms with Gasteiger partial charge in [0.2, 0.25) is 0 Å². The predicted molar refractivity (Wildman–Crippen MR) is 271 cm³/mol. The first-order chi connectivity index (χ1) is 32.7. The zero-order valence-electron chi connectivity index (χ0n) is 35.9. The molecule has 0 spiro atoms. The number of rotatable bonds is 7. The summed E-state index contributed by atoms with van der Waals surface area (Å²) in [6, 6.07) is 87.1. The molecule has 1 aliphatic carbocycles. The fraction of sp³-hybridized carbons (Fsp3) is 0.0159. The lowest BCUT2D eigenvalue weighted by molar-refractivity contribution is 0.669. The molecule has 3 nitrogen and oxygen atoms in total. The second kappa shape index (κ2) is 15.3. The summed E-state index contributed by atoms with van der Waals surface area (Å²) in [6.07, 6.45) is 0. The molecular formula is C63H40N2O. The van der Waals surface area contributed by atoms with Gasteiger partial charge in [-0.2, -0.15) is 0 Å². The van der Waals surface area contributed by atoms with E-state index in [1.54, 1.807) is 0 Å². The van der Waals surface area contributed by atoms with Gasteiger partial charge in [0.1, 0.15) is 11.2 Å². The van der Waals surface area contributed by atoms with Crippen molar-refractivity contribution in [2.24, 2.45) is 0 Å². The van der Waals surface area contributed by atoms with Gasteiger partial charge >= 0.3 is 0 Å². The Morgan fingerprint density at radius 2 is 0.818 bits per heavy atom. The maximum absolute atomic E-state index is 6.21. The van der Waals surface area contributed by atoms with Crippen LogP contribution in [0.2, 0.25) is 0 Å². The molecule has 2 aromatic heterocycles. The zero-order chi connectivity index (χ0) is 43.6. The van der Waals surface area contributed by atoms with Crippen molar-refractivity contribution in [2.45, 2.75) is 5.41 Å². The van der Waals surface area contributed by atoms with E-state index in [9.17, 15) is 0 Å². The van der Waals surface area contributed by atoms with Crippen molar-refractivity contribution in [3.05, 3.63) is 265 Å². The molecule has 12 aromatic rings. The summed E-state index contributed by atoms with van der Waals surface area (Å²) in [7, 11) is 0. The fourth-order valence-electron chi connectivity index (χ4n) is 10.4. The monoisotopic (exact) mass is 840 g/mol. The minimum Gasteiger partial charge on any atom is -0.456 e. The van der Waals surface area contributed by atoms with Gasteiger partial charge in [0.05, 0.1) is 16.8 Å². The molecule has 0 fully saturated rings. The van der Waals surface area contributed by atoms with Crippen molar-refractivity contribution in [1.82, 2.24) is 9.97 Å². The van der Waals surface area contributed by atoms with Crippen molar-refractivity contribution in [3.63, 3.8) is 0 Å². The molecule has 66 heavy (non-hydrogen) atoms. The van der Waals surface area contributed by atoms with Gasteiger partial charge in [-0.1, -0.05) is 200 Å². The maximum Gasteiger partial charge on any atom is 0.160 e. The van der Waals surface area contributed by atoms with Gasteiger partial charge in [-0.05, 0) is 109 Å². The van der Waals surface area contributed by atoms with E-state index in [4.69, 9.17) is 14.4 Å². The number of hydrogen-bond donors (Lipinski definition) is 0. The van der Waals surface area contributed by atoms with Gasteiger partial charge in [0.15, 0.2) is 5.82 Å². The van der Waals surface area contributed by atoms with E-state index in [1.807, 2.05) is 30.3 Å². The molecule has 0 atom stereocenters. The number of fused-ring (bicyclic) bond motifs is 7. The van der Waals surface area contributed by atoms with Crippen LogP contribution in [0.4, 0.5) is 0 Å². The zero-order valence-corrected chi connectivity index (χ0v) is 35.9. The Morgan fingerprint density at radius 3 is 1.55 bits per heavy atom. The van der Waals surface area contributed by atoms with Crippen LogP contribution in [0.1, 0.15) is 22.3 Å². The average Bonchev–Trinajstić information content (AvgIpc) is 3.92. The first kappa shape index (κ1) is 37.9. The van der Waals surface area contributed by atoms with Gasteiger partial charge < -0.3 is 4.42 Å². The van der Waals surface area contributed by atoms with Crippen molar-refractivity contribution < 1.29 is 4.42 Å². The van der Waals surface area contributed by atoms with Crippen LogP contribution in [0.15, 0.2) is 247 Å². The number of hydrogen-bond acceptors (Lipinski definition) is 3. The molecule has 0 saturated carbocycles. The van der Waals surface area contributed by atoms with Gasteiger partial charge in [0.25, 0.3) is 0 Å². The second-order valence-corrected chi connectivity index (χ2v) is 17.3. The molecule has 308 valence electrons. The lowest BCUT2D eigenvalue weighted by atomic mass is 9.67. The third kappa shape index (κ3) is 6.12. The highest BCUT2D eigenvalue weighted by atomic mass is 16.3. The number of aromatic nitrogens is 2. The van der Waals surface area contributed by atoms with E-state index in [2.05, 4.69) is 212 Å². The first-order valence-electron chi connectivity index (χ1n) is 22.5. The van der Waals surface area contributed by atoms with Crippen molar-refractivity contribution in [1.29, 1.82) is 0 Å². The Hall–Kier alpha value is -8.66. The normalized spacial score (nSPS) is 12.7. The summed E-state index contributed by atoms with van der Waals surface area (Å²) in [5.74, 6) is 0.694. The number of furan rings is 1. The maximum atomic E-state index is 6.21. The molecular weight excluding hydrogens is 801 g/mol. The average molecular weight is 841 g/mol. The van der Waals surface area contributed by atoms with Gasteiger partial charge in [-0.15, -0.1) is 0 Å². The number of para-hydroxylation sites is 1. The van der Waals surface area contributed by atoms with Crippen LogP contribution < -0.4 is 0 Å². The first-order valence-corrected chi connectivity index (χ1v) is 22.5. The van der Waals surface area contributed by atoms with E-state index in [1.165, 1.54) is 49.7 Å². The Balaban J connectivity index is 0.873. The summed E-state index contributed by atoms with van der Waals surface area (Å²) in [4.78, 5) is 10.5. The van der Waals surface area contributed by atoms with Crippen LogP contribution in [0.25, 0.3) is 100.0 Å². The molecule has 13 rings (SSSR count). The molecule has 0 unspecified atom stereocenters. The smallest absolute Gasteiger partial charge is 0.160 e. The Bertz CT molecular complexity index is 3760. The summed E-state index contributed by atoms with van der Waals surface area (Å²) >= 11 is 0. The SMILES string of the molecule is c1ccc(-c2nc(-c3ccc(-c4ccc5cc(-c6ccc7c(c6)oc6ccccc67)ccc5c4)cc3)cc(-c3ccc4c(c3)C(c3ccccc3)(c3ccccc3)c3ccccc3-4)n2)cc1. The molecule has 0 aliphatic heterocycles. The third-order valence-electron chi connectivity index (χ3n) is 13.6. The molecule has 2 heterocycles. The lowest BCUT2D eigenvalue weighted by Crippen LogP contribution is -2.28. The molecule has 10 aromatic carbocycles.